The number of halogens is 2. The van der Waals surface area contributed by atoms with Gasteiger partial charge in [0.2, 0.25) is 41.6 Å². The summed E-state index contributed by atoms with van der Waals surface area (Å²) in [6, 6.07) is 6.96. The van der Waals surface area contributed by atoms with E-state index in [2.05, 4.69) is 31.9 Å². The maximum Gasteiger partial charge on any atom is 0.246 e. The van der Waals surface area contributed by atoms with Crippen molar-refractivity contribution in [3.05, 3.63) is 117 Å². The second-order valence-electron chi connectivity index (χ2n) is 30.5. The number of amides is 5. The van der Waals surface area contributed by atoms with Crippen LogP contribution in [0, 0.1) is 41.4 Å². The number of hydrogen-bond donors (Lipinski definition) is 15. The second kappa shape index (κ2) is 33.8. The second-order valence-corrected chi connectivity index (χ2v) is 31.3. The van der Waals surface area contributed by atoms with E-state index in [-0.39, 0.29) is 103 Å². The maximum atomic E-state index is 16.4. The number of rotatable bonds is 19. The lowest BCUT2D eigenvalue weighted by atomic mass is 9.51. The quantitative estimate of drug-likeness (QED) is 0.0358. The van der Waals surface area contributed by atoms with Gasteiger partial charge in [0.15, 0.2) is 28.8 Å². The molecule has 580 valence electrons. The van der Waals surface area contributed by atoms with Crippen molar-refractivity contribution in [2.75, 3.05) is 20.2 Å². The van der Waals surface area contributed by atoms with Gasteiger partial charge in [-0.05, 0) is 170 Å². The summed E-state index contributed by atoms with van der Waals surface area (Å²) in [6.07, 6.45) is -6.55. The number of likely N-dealkylation sites (N-methyl/N-ethyl adjacent to an activating group) is 1. The van der Waals surface area contributed by atoms with Crippen LogP contribution < -0.4 is 46.1 Å². The van der Waals surface area contributed by atoms with E-state index >= 15 is 28.8 Å². The minimum absolute atomic E-state index is 0.00846. The first-order chi connectivity index (χ1) is 51.6. The van der Waals surface area contributed by atoms with Crippen LogP contribution in [0.2, 0.25) is 10.0 Å². The fourth-order valence-corrected chi connectivity index (χ4v) is 17.5. The Morgan fingerprint density at radius 1 is 0.657 bits per heavy atom. The Balaban J connectivity index is 1.05. The van der Waals surface area contributed by atoms with Crippen LogP contribution in [-0.4, -0.2) is 162 Å². The molecule has 10 aliphatic rings. The van der Waals surface area contributed by atoms with Crippen LogP contribution in [0.15, 0.2) is 78.9 Å². The van der Waals surface area contributed by atoms with Gasteiger partial charge in [-0.3, -0.25) is 38.4 Å². The zero-order chi connectivity index (χ0) is 77.3. The molecule has 1 saturated heterocycles. The summed E-state index contributed by atoms with van der Waals surface area (Å²) in [6.45, 7) is 4.28. The topological polar surface area (TPSA) is 428 Å². The highest BCUT2D eigenvalue weighted by Crippen LogP contribution is 2.58. The molecule has 6 aliphatic heterocycles. The zero-order valence-corrected chi connectivity index (χ0v) is 61.8. The van der Waals surface area contributed by atoms with Crippen molar-refractivity contribution in [2.24, 2.45) is 41.4 Å². The molecule has 4 aliphatic carbocycles. The third-order valence-corrected chi connectivity index (χ3v) is 23.1. The highest BCUT2D eigenvalue weighted by molar-refractivity contribution is 6.32. The molecule has 5 aromatic rings. The highest BCUT2D eigenvalue weighted by Gasteiger charge is 2.51. The molecule has 29 heteroatoms. The Kier molecular flexibility index (Phi) is 24.7. The van der Waals surface area contributed by atoms with Crippen molar-refractivity contribution in [2.45, 2.75) is 196 Å². The minimum atomic E-state index is -2.11. The summed E-state index contributed by atoms with van der Waals surface area (Å²) in [7, 11) is 1.54. The fraction of sp³-hybridized carbons (Fsp3) is 0.519. The lowest BCUT2D eigenvalue weighted by Crippen LogP contribution is -2.60. The van der Waals surface area contributed by atoms with E-state index in [1.807, 2.05) is 20.8 Å². The Bertz CT molecular complexity index is 4220. The molecule has 0 radical (unpaired) electrons. The number of unbranched alkanes of at least 4 members (excludes halogenated alkanes) is 4. The lowest BCUT2D eigenvalue weighted by molar-refractivity contribution is -0.277. The molecule has 27 nitrogen and oxygen atoms in total. The number of phenolic OH excluding ortho intramolecular Hbond substituents is 3. The number of aliphatic hydroxyl groups is 6. The number of nitrogens with one attached hydrogen (secondary N) is 6. The van der Waals surface area contributed by atoms with E-state index < -0.39 is 192 Å². The summed E-state index contributed by atoms with van der Waals surface area (Å²) < 4.78 is 25.6. The summed E-state index contributed by atoms with van der Waals surface area (Å²) in [5, 5.41) is 121. The molecular weight excluding hydrogens is 1440 g/mol. The number of ketones is 3. The van der Waals surface area contributed by atoms with E-state index in [4.69, 9.17) is 42.1 Å². The van der Waals surface area contributed by atoms with Crippen LogP contribution in [0.1, 0.15) is 175 Å². The number of hydrogen-bond acceptors (Lipinski definition) is 22. The number of fused-ring (bicyclic) bond motifs is 15. The van der Waals surface area contributed by atoms with Gasteiger partial charge < -0.3 is 96.8 Å². The number of Topliss-reactive ketones (excluding diaryl/α,β-unsaturated/α-hetero) is 3. The number of ether oxygens (including phenoxy) is 4. The average molecular weight is 1530 g/mol. The number of benzene rings is 5. The predicted octanol–water partition coefficient (Wildman–Crippen LogP) is 7.39. The van der Waals surface area contributed by atoms with E-state index in [1.165, 1.54) is 55.6 Å². The zero-order valence-electron chi connectivity index (χ0n) is 60.3. The van der Waals surface area contributed by atoms with Gasteiger partial charge in [0.1, 0.15) is 89.5 Å². The van der Waals surface area contributed by atoms with Crippen LogP contribution in [0.4, 0.5) is 0 Å². The smallest absolute Gasteiger partial charge is 0.246 e. The first kappa shape index (κ1) is 79.1. The number of aliphatic hydroxyl groups excluding tert-OH is 6. The maximum absolute atomic E-state index is 16.4. The van der Waals surface area contributed by atoms with E-state index in [0.29, 0.717) is 24.7 Å². The molecule has 15 bridgehead atoms. The highest BCUT2D eigenvalue weighted by atomic mass is 35.5. The van der Waals surface area contributed by atoms with Gasteiger partial charge in [-0.2, -0.15) is 0 Å². The molecule has 15 N–H and O–H groups in total. The predicted molar refractivity (Wildman–Crippen MR) is 391 cm³/mol. The Morgan fingerprint density at radius 2 is 1.30 bits per heavy atom. The molecule has 0 aromatic heterocycles. The Hall–Kier alpha value is -8.48. The molecule has 5 amide bonds. The van der Waals surface area contributed by atoms with Crippen molar-refractivity contribution < 1.29 is 103 Å². The summed E-state index contributed by atoms with van der Waals surface area (Å²) in [5.41, 5.74) is -1.27. The summed E-state index contributed by atoms with van der Waals surface area (Å²) in [5.74, 6) is -13.3. The first-order valence-corrected chi connectivity index (χ1v) is 37.9. The van der Waals surface area contributed by atoms with Crippen LogP contribution >= 0.6 is 23.2 Å². The largest absolute Gasteiger partial charge is 0.508 e. The molecule has 108 heavy (non-hydrogen) atoms. The normalized spacial score (nSPS) is 29.2. The van der Waals surface area contributed by atoms with Gasteiger partial charge >= 0.3 is 0 Å². The first-order valence-electron chi connectivity index (χ1n) is 37.2. The summed E-state index contributed by atoms with van der Waals surface area (Å²) in [4.78, 5) is 123. The Labute approximate surface area is 633 Å². The van der Waals surface area contributed by atoms with Crippen molar-refractivity contribution in [1.29, 1.82) is 0 Å². The number of carbonyl (C=O) groups excluding carboxylic acids is 8. The lowest BCUT2D eigenvalue weighted by Gasteiger charge is -2.54. The van der Waals surface area contributed by atoms with Gasteiger partial charge in [0, 0.05) is 49.4 Å². The van der Waals surface area contributed by atoms with E-state index in [1.54, 1.807) is 0 Å². The fourth-order valence-electron chi connectivity index (χ4n) is 17.0. The van der Waals surface area contributed by atoms with Gasteiger partial charge in [-0.1, -0.05) is 87.9 Å². The average Bonchev–Trinajstić information content (AvgIpc) is 0.739. The number of aromatic hydroxyl groups is 3. The van der Waals surface area contributed by atoms with Gasteiger partial charge in [0.05, 0.1) is 34.5 Å². The van der Waals surface area contributed by atoms with Crippen molar-refractivity contribution >= 4 is 70.1 Å². The van der Waals surface area contributed by atoms with Crippen LogP contribution in [0.5, 0.6) is 46.0 Å². The van der Waals surface area contributed by atoms with Crippen LogP contribution in [-0.2, 0) is 43.1 Å². The molecule has 15 rings (SSSR count). The summed E-state index contributed by atoms with van der Waals surface area (Å²) >= 11 is 14.3. The standard InChI is InChI=1S/C79H94Cl2N6O21/c1-5-6-7-8-9-10-63(95)83-33-44-26-55(92)67(86-77(103)52(82-4)17-35(2)3)69(96)39-12-15-58(50(80)24-39)105-60-27-43-28-61(74(60)108-79-73(100)72(99)71(98)62(34-88)107-79)106-59-16-13-40(25-51(59)81)70(97)68-78(104)85-66(57(94)31-46-41-19-36-18-37(21-41)22-42(46)20-36)49-29-45(89)30-54(91)64(49)48-23-38(11-14-53(48)90)47(76(102)87-68)32-56(93)65(43)84-75(44)101/h11-16,23-25,27-30,35-37,41-42,44,46-47,52,62,65-73,79,82,88-91,96-100H,5-10,17-22,26,31-34H2,1-4H3,(H,83,95)(H,84,101)(H,85,104)(H,86,103)(H,87,102)/t36?,37?,41?,42?,44-,46?,47+,52+,62?,65+,66-,67-,68+,69+,70+,71?,72?,73?,79?/m0/s1. The molecule has 6 heterocycles. The van der Waals surface area contributed by atoms with Crippen molar-refractivity contribution in [3.63, 3.8) is 0 Å². The third-order valence-electron chi connectivity index (χ3n) is 22.5. The van der Waals surface area contributed by atoms with Crippen LogP contribution in [0.25, 0.3) is 11.1 Å². The van der Waals surface area contributed by atoms with Crippen molar-refractivity contribution in [3.8, 4) is 57.1 Å². The monoisotopic (exact) mass is 1530 g/mol. The Morgan fingerprint density at radius 3 is 1.92 bits per heavy atom. The van der Waals surface area contributed by atoms with Gasteiger partial charge in [-0.25, -0.2) is 0 Å². The molecule has 5 fully saturated rings. The number of carbonyl (C=O) groups is 8. The molecule has 5 aromatic carbocycles. The molecule has 4 saturated carbocycles. The van der Waals surface area contributed by atoms with E-state index in [0.717, 1.165) is 81.7 Å². The van der Waals surface area contributed by atoms with Gasteiger partial charge in [-0.15, -0.1) is 0 Å². The molecule has 5 unspecified atom stereocenters. The minimum Gasteiger partial charge on any atom is -0.508 e. The van der Waals surface area contributed by atoms with Crippen LogP contribution in [0.3, 0.4) is 0 Å². The van der Waals surface area contributed by atoms with Gasteiger partial charge in [0.25, 0.3) is 0 Å². The SMILES string of the molecule is CCCCCCCC(=O)NC[C@@H]1CC(=O)[C@H](NC(=O)[C@@H](CC(C)C)NC)[C@H](O)c2ccc(c(Cl)c2)Oc2cc3cc(c2OC2OC(CO)C(O)C(O)C2O)Oc2ccc(cc2Cl)[C@@H](O)[C@H]2NC(=O)[C@H](CC(=O)[C@@H]3NC1=O)c1ccc(O)c(c1)-c1c(O)cc(O)cc1[C@@H](C(=O)CC1C3CC4CC(C3)CC1C4)NC2=O. The third kappa shape index (κ3) is 17.1. The van der Waals surface area contributed by atoms with Crippen molar-refractivity contribution in [1.82, 2.24) is 31.9 Å². The molecular formula is C79H94Cl2N6O21. The number of phenols is 3. The molecule has 14 atom stereocenters. The van der Waals surface area contributed by atoms with E-state index in [9.17, 15) is 55.5 Å². The molecule has 0 spiro atoms.